The molecule has 1 heterocycles. The van der Waals surface area contributed by atoms with E-state index in [1.165, 1.54) is 4.68 Å². The van der Waals surface area contributed by atoms with Crippen LogP contribution in [0.1, 0.15) is 34.7 Å². The molecule has 0 aliphatic carbocycles. The highest BCUT2D eigenvalue weighted by Crippen LogP contribution is 2.25. The lowest BCUT2D eigenvalue weighted by Gasteiger charge is -2.13. The lowest BCUT2D eigenvalue weighted by Crippen LogP contribution is -2.20. The van der Waals surface area contributed by atoms with Gasteiger partial charge in [0.05, 0.1) is 21.4 Å². The zero-order chi connectivity index (χ0) is 15.0. The topological polar surface area (TPSA) is 34.9 Å². The molecule has 0 saturated carbocycles. The predicted octanol–water partition coefficient (Wildman–Crippen LogP) is 3.98. The van der Waals surface area contributed by atoms with Gasteiger partial charge in [0.1, 0.15) is 17.7 Å². The summed E-state index contributed by atoms with van der Waals surface area (Å²) >= 11 is 3.38. The molecule has 0 fully saturated rings. The molecule has 0 radical (unpaired) electrons. The van der Waals surface area contributed by atoms with Crippen LogP contribution in [-0.2, 0) is 0 Å². The van der Waals surface area contributed by atoms with E-state index in [1.54, 1.807) is 6.92 Å². The molecule has 106 valence electrons. The van der Waals surface area contributed by atoms with Crippen molar-refractivity contribution in [3.8, 4) is 0 Å². The molecule has 1 unspecified atom stereocenters. The predicted molar refractivity (Wildman–Crippen MR) is 74.8 cm³/mol. The van der Waals surface area contributed by atoms with Crippen LogP contribution in [0.25, 0.3) is 0 Å². The first kappa shape index (κ1) is 14.8. The molecule has 1 aromatic carbocycles. The first-order chi connectivity index (χ1) is 9.32. The maximum absolute atomic E-state index is 13.7. The second-order valence-corrected chi connectivity index (χ2v) is 5.39. The molecule has 0 aliphatic heterocycles. The minimum absolute atomic E-state index is 0.137. The second kappa shape index (κ2) is 5.44. The number of rotatable bonds is 3. The van der Waals surface area contributed by atoms with Crippen LogP contribution in [-0.4, -0.2) is 15.6 Å². The first-order valence-electron chi connectivity index (χ1n) is 6.03. The normalized spacial score (nSPS) is 12.5. The molecule has 0 aliphatic rings. The van der Waals surface area contributed by atoms with Gasteiger partial charge in [0.25, 0.3) is 0 Å². The Balaban J connectivity index is 2.40. The van der Waals surface area contributed by atoms with E-state index < -0.39 is 23.5 Å². The fourth-order valence-electron chi connectivity index (χ4n) is 2.05. The number of benzene rings is 1. The first-order valence-corrected chi connectivity index (χ1v) is 6.82. The number of hydrogen-bond acceptors (Lipinski definition) is 2. The zero-order valence-corrected chi connectivity index (χ0v) is 12.8. The molecule has 0 bridgehead atoms. The molecular formula is C14H13BrF2N2O. The standard InChI is InChI=1S/C14H13BrF2N2O/c1-7-13(15)8(2)19(18-7)9(3)14(20)11-5-4-10(16)6-12(11)17/h4-6,9H,1-3H3. The van der Waals surface area contributed by atoms with Gasteiger partial charge in [0.15, 0.2) is 5.78 Å². The van der Waals surface area contributed by atoms with Gasteiger partial charge in [0.2, 0.25) is 0 Å². The molecule has 0 N–H and O–H groups in total. The van der Waals surface area contributed by atoms with E-state index in [-0.39, 0.29) is 5.56 Å². The SMILES string of the molecule is Cc1nn(C(C)C(=O)c2ccc(F)cc2F)c(C)c1Br. The molecule has 0 spiro atoms. The highest BCUT2D eigenvalue weighted by Gasteiger charge is 2.23. The van der Waals surface area contributed by atoms with E-state index in [1.807, 2.05) is 13.8 Å². The summed E-state index contributed by atoms with van der Waals surface area (Å²) < 4.78 is 28.9. The van der Waals surface area contributed by atoms with Gasteiger partial charge in [-0.3, -0.25) is 9.48 Å². The van der Waals surface area contributed by atoms with E-state index in [0.29, 0.717) is 6.07 Å². The Morgan fingerprint density at radius 1 is 1.35 bits per heavy atom. The van der Waals surface area contributed by atoms with E-state index in [0.717, 1.165) is 28.0 Å². The quantitative estimate of drug-likeness (QED) is 0.790. The Morgan fingerprint density at radius 2 is 2.00 bits per heavy atom. The Labute approximate surface area is 123 Å². The molecule has 20 heavy (non-hydrogen) atoms. The van der Waals surface area contributed by atoms with Gasteiger partial charge in [-0.05, 0) is 48.8 Å². The molecular weight excluding hydrogens is 330 g/mol. The van der Waals surface area contributed by atoms with Crippen molar-refractivity contribution in [3.05, 3.63) is 51.3 Å². The monoisotopic (exact) mass is 342 g/mol. The van der Waals surface area contributed by atoms with Crippen molar-refractivity contribution >= 4 is 21.7 Å². The third kappa shape index (κ3) is 2.52. The van der Waals surface area contributed by atoms with Crippen molar-refractivity contribution in [2.24, 2.45) is 0 Å². The molecule has 2 aromatic rings. The van der Waals surface area contributed by atoms with Gasteiger partial charge in [-0.1, -0.05) is 0 Å². The van der Waals surface area contributed by atoms with E-state index >= 15 is 0 Å². The number of aromatic nitrogens is 2. The second-order valence-electron chi connectivity index (χ2n) is 4.59. The lowest BCUT2D eigenvalue weighted by atomic mass is 10.0. The van der Waals surface area contributed by atoms with Gasteiger partial charge in [-0.25, -0.2) is 8.78 Å². The number of aryl methyl sites for hydroxylation is 1. The number of halogens is 3. The van der Waals surface area contributed by atoms with E-state index in [4.69, 9.17) is 0 Å². The number of nitrogens with zero attached hydrogens (tertiary/aromatic N) is 2. The minimum atomic E-state index is -0.859. The van der Waals surface area contributed by atoms with Gasteiger partial charge in [-0.2, -0.15) is 5.10 Å². The van der Waals surface area contributed by atoms with E-state index in [9.17, 15) is 13.6 Å². The summed E-state index contributed by atoms with van der Waals surface area (Å²) in [6.07, 6.45) is 0. The molecule has 3 nitrogen and oxygen atoms in total. The van der Waals surface area contributed by atoms with Gasteiger partial charge >= 0.3 is 0 Å². The molecule has 0 amide bonds. The van der Waals surface area contributed by atoms with E-state index in [2.05, 4.69) is 21.0 Å². The average Bonchev–Trinajstić information content (AvgIpc) is 2.65. The smallest absolute Gasteiger partial charge is 0.190 e. The van der Waals surface area contributed by atoms with Crippen LogP contribution >= 0.6 is 15.9 Å². The van der Waals surface area contributed by atoms with Gasteiger partial charge in [-0.15, -0.1) is 0 Å². The Bertz CT molecular complexity index is 682. The summed E-state index contributed by atoms with van der Waals surface area (Å²) in [7, 11) is 0. The molecule has 0 saturated heterocycles. The van der Waals surface area contributed by atoms with Crippen molar-refractivity contribution in [3.63, 3.8) is 0 Å². The number of hydrogen-bond donors (Lipinski definition) is 0. The Morgan fingerprint density at radius 3 is 2.50 bits per heavy atom. The minimum Gasteiger partial charge on any atom is -0.292 e. The van der Waals surface area contributed by atoms with Crippen molar-refractivity contribution < 1.29 is 13.6 Å². The van der Waals surface area contributed by atoms with Crippen LogP contribution in [0.2, 0.25) is 0 Å². The maximum atomic E-state index is 13.7. The molecule has 1 atom stereocenters. The Kier molecular flexibility index (Phi) is 4.04. The van der Waals surface area contributed by atoms with Crippen LogP contribution in [0, 0.1) is 25.5 Å². The number of carbonyl (C=O) groups is 1. The summed E-state index contributed by atoms with van der Waals surface area (Å²) in [5, 5.41) is 4.26. The summed E-state index contributed by atoms with van der Waals surface area (Å²) in [4.78, 5) is 12.3. The van der Waals surface area contributed by atoms with Crippen LogP contribution < -0.4 is 0 Å². The van der Waals surface area contributed by atoms with Crippen molar-refractivity contribution in [1.82, 2.24) is 9.78 Å². The maximum Gasteiger partial charge on any atom is 0.190 e. The summed E-state index contributed by atoms with van der Waals surface area (Å²) in [6, 6.07) is 2.27. The highest BCUT2D eigenvalue weighted by molar-refractivity contribution is 9.10. The van der Waals surface area contributed by atoms with Crippen LogP contribution in [0.15, 0.2) is 22.7 Å². The summed E-state index contributed by atoms with van der Waals surface area (Å²) in [5.41, 5.74) is 1.40. The third-order valence-corrected chi connectivity index (χ3v) is 4.33. The largest absolute Gasteiger partial charge is 0.292 e. The number of Topliss-reactive ketones (excluding diaryl/α,β-unsaturated/α-hetero) is 1. The zero-order valence-electron chi connectivity index (χ0n) is 11.2. The van der Waals surface area contributed by atoms with Crippen molar-refractivity contribution in [2.45, 2.75) is 26.8 Å². The molecule has 1 aromatic heterocycles. The summed E-state index contributed by atoms with van der Waals surface area (Å²) in [5.74, 6) is -2.01. The van der Waals surface area contributed by atoms with Crippen LogP contribution in [0.3, 0.4) is 0 Å². The summed E-state index contributed by atoms with van der Waals surface area (Å²) in [6.45, 7) is 5.26. The number of carbonyl (C=O) groups excluding carboxylic acids is 1. The molecule has 6 heteroatoms. The van der Waals surface area contributed by atoms with Gasteiger partial charge in [0, 0.05) is 6.07 Å². The van der Waals surface area contributed by atoms with Crippen LogP contribution in [0.4, 0.5) is 8.78 Å². The average molecular weight is 343 g/mol. The van der Waals surface area contributed by atoms with Crippen LogP contribution in [0.5, 0.6) is 0 Å². The van der Waals surface area contributed by atoms with Crippen molar-refractivity contribution in [2.75, 3.05) is 0 Å². The van der Waals surface area contributed by atoms with Gasteiger partial charge < -0.3 is 0 Å². The lowest BCUT2D eigenvalue weighted by molar-refractivity contribution is 0.0922. The highest BCUT2D eigenvalue weighted by atomic mass is 79.9. The number of ketones is 1. The Hall–Kier alpha value is -1.56. The fourth-order valence-corrected chi connectivity index (χ4v) is 2.31. The third-order valence-electron chi connectivity index (χ3n) is 3.18. The fraction of sp³-hybridized carbons (Fsp3) is 0.286. The van der Waals surface area contributed by atoms with Crippen molar-refractivity contribution in [1.29, 1.82) is 0 Å². The molecule has 2 rings (SSSR count).